The van der Waals surface area contributed by atoms with E-state index in [0.717, 1.165) is 54.4 Å². The minimum Gasteiger partial charge on any atom is -0.336 e. The monoisotopic (exact) mass is 281 g/mol. The van der Waals surface area contributed by atoms with Crippen molar-refractivity contribution in [3.63, 3.8) is 0 Å². The molecule has 0 spiro atoms. The molecule has 19 heavy (non-hydrogen) atoms. The van der Waals surface area contributed by atoms with Crippen molar-refractivity contribution in [2.45, 2.75) is 45.6 Å². The predicted molar refractivity (Wildman–Crippen MR) is 78.8 cm³/mol. The number of hydrogen-bond acceptors (Lipinski definition) is 4. The molecule has 0 saturated carbocycles. The number of likely N-dealkylation sites (tertiary alicyclic amines) is 1. The Morgan fingerprint density at radius 3 is 3.05 bits per heavy atom. The van der Waals surface area contributed by atoms with Gasteiger partial charge in [0.05, 0.1) is 10.7 Å². The van der Waals surface area contributed by atoms with Crippen molar-refractivity contribution in [3.05, 3.63) is 15.6 Å². The van der Waals surface area contributed by atoms with Crippen molar-refractivity contribution in [1.29, 1.82) is 0 Å². The first kappa shape index (κ1) is 14.5. The van der Waals surface area contributed by atoms with Gasteiger partial charge in [-0.1, -0.05) is 6.92 Å². The maximum Gasteiger partial charge on any atom is 0.265 e. The van der Waals surface area contributed by atoms with Gasteiger partial charge in [0.2, 0.25) is 0 Å². The molecule has 0 bridgehead atoms. The normalized spacial score (nSPS) is 19.7. The Hall–Kier alpha value is -0.940. The summed E-state index contributed by atoms with van der Waals surface area (Å²) in [5.41, 5.74) is 0.894. The molecule has 0 radical (unpaired) electrons. The van der Waals surface area contributed by atoms with Crippen LogP contribution in [0.2, 0.25) is 0 Å². The predicted octanol–water partition coefficient (Wildman–Crippen LogP) is 2.23. The summed E-state index contributed by atoms with van der Waals surface area (Å²) in [7, 11) is 1.97. The van der Waals surface area contributed by atoms with Crippen molar-refractivity contribution in [3.8, 4) is 0 Å². The van der Waals surface area contributed by atoms with Crippen LogP contribution in [0.1, 0.15) is 46.6 Å². The first-order valence-corrected chi connectivity index (χ1v) is 7.90. The highest BCUT2D eigenvalue weighted by atomic mass is 32.1. The topological polar surface area (TPSA) is 45.2 Å². The minimum atomic E-state index is 0.164. The standard InChI is InChI=1S/C14H23N3OS/c1-4-6-12-16-10(2)13(19-12)14(18)17-8-5-7-11(9-17)15-3/h11,15H,4-9H2,1-3H3. The summed E-state index contributed by atoms with van der Waals surface area (Å²) in [6, 6.07) is 0.432. The number of aromatic nitrogens is 1. The zero-order chi connectivity index (χ0) is 13.8. The SMILES string of the molecule is CCCc1nc(C)c(C(=O)N2CCCC(NC)C2)s1. The van der Waals surface area contributed by atoms with E-state index >= 15 is 0 Å². The molecule has 1 unspecified atom stereocenters. The van der Waals surface area contributed by atoms with Crippen molar-refractivity contribution in [1.82, 2.24) is 15.2 Å². The molecule has 1 N–H and O–H groups in total. The third-order valence-corrected chi connectivity index (χ3v) is 4.82. The molecule has 1 aromatic rings. The first-order valence-electron chi connectivity index (χ1n) is 7.08. The molecule has 1 aromatic heterocycles. The number of amides is 1. The number of nitrogens with zero attached hydrogens (tertiary/aromatic N) is 2. The van der Waals surface area contributed by atoms with E-state index in [1.165, 1.54) is 0 Å². The Balaban J connectivity index is 2.10. The highest BCUT2D eigenvalue weighted by Gasteiger charge is 2.26. The van der Waals surface area contributed by atoms with Crippen molar-refractivity contribution < 1.29 is 4.79 Å². The summed E-state index contributed by atoms with van der Waals surface area (Å²) in [5.74, 6) is 0.164. The summed E-state index contributed by atoms with van der Waals surface area (Å²) < 4.78 is 0. The second kappa shape index (κ2) is 6.48. The van der Waals surface area contributed by atoms with Crippen LogP contribution in [0.15, 0.2) is 0 Å². The molecule has 2 heterocycles. The Morgan fingerprint density at radius 2 is 2.37 bits per heavy atom. The highest BCUT2D eigenvalue weighted by molar-refractivity contribution is 7.13. The Bertz CT molecular complexity index is 444. The molecule has 5 heteroatoms. The highest BCUT2D eigenvalue weighted by Crippen LogP contribution is 2.23. The van der Waals surface area contributed by atoms with Gasteiger partial charge in [0.1, 0.15) is 4.88 Å². The van der Waals surface area contributed by atoms with Crippen LogP contribution < -0.4 is 5.32 Å². The minimum absolute atomic E-state index is 0.164. The zero-order valence-corrected chi connectivity index (χ0v) is 12.8. The molecular formula is C14H23N3OS. The van der Waals surface area contributed by atoms with Crippen LogP contribution in [0, 0.1) is 6.92 Å². The molecule has 1 amide bonds. The molecule has 2 rings (SSSR count). The first-order chi connectivity index (χ1) is 9.15. The van der Waals surface area contributed by atoms with Crippen molar-refractivity contribution in [2.24, 2.45) is 0 Å². The van der Waals surface area contributed by atoms with Crippen LogP contribution in [-0.4, -0.2) is 42.0 Å². The Labute approximate surface area is 119 Å². The van der Waals surface area contributed by atoms with Crippen molar-refractivity contribution >= 4 is 17.2 Å². The van der Waals surface area contributed by atoms with E-state index < -0.39 is 0 Å². The number of hydrogen-bond donors (Lipinski definition) is 1. The van der Waals surface area contributed by atoms with Gasteiger partial charge in [0.25, 0.3) is 5.91 Å². The molecule has 1 atom stereocenters. The van der Waals surface area contributed by atoms with Crippen LogP contribution in [-0.2, 0) is 6.42 Å². The van der Waals surface area contributed by atoms with Gasteiger partial charge in [-0.15, -0.1) is 11.3 Å². The van der Waals surface area contributed by atoms with Gasteiger partial charge in [-0.25, -0.2) is 4.98 Å². The average Bonchev–Trinajstić information content (AvgIpc) is 2.79. The van der Waals surface area contributed by atoms with Crippen LogP contribution in [0.25, 0.3) is 0 Å². The van der Waals surface area contributed by atoms with E-state index in [9.17, 15) is 4.79 Å². The summed E-state index contributed by atoms with van der Waals surface area (Å²) in [4.78, 5) is 19.9. The van der Waals surface area contributed by atoms with Gasteiger partial charge in [0, 0.05) is 19.1 Å². The van der Waals surface area contributed by atoms with E-state index in [1.807, 2.05) is 18.9 Å². The van der Waals surface area contributed by atoms with E-state index in [2.05, 4.69) is 17.2 Å². The fraction of sp³-hybridized carbons (Fsp3) is 0.714. The summed E-state index contributed by atoms with van der Waals surface area (Å²) >= 11 is 1.57. The van der Waals surface area contributed by atoms with Gasteiger partial charge in [-0.3, -0.25) is 4.79 Å². The van der Waals surface area contributed by atoms with Crippen LogP contribution in [0.5, 0.6) is 0 Å². The van der Waals surface area contributed by atoms with Crippen LogP contribution in [0.4, 0.5) is 0 Å². The molecule has 1 fully saturated rings. The molecule has 1 aliphatic heterocycles. The van der Waals surface area contributed by atoms with Crippen LogP contribution >= 0.6 is 11.3 Å². The summed E-state index contributed by atoms with van der Waals surface area (Å²) in [5, 5.41) is 4.36. The molecular weight excluding hydrogens is 258 g/mol. The number of nitrogens with one attached hydrogen (secondary N) is 1. The number of thiazole rings is 1. The summed E-state index contributed by atoms with van der Waals surface area (Å²) in [6.07, 6.45) is 4.28. The number of likely N-dealkylation sites (N-methyl/N-ethyl adjacent to an activating group) is 1. The van der Waals surface area contributed by atoms with E-state index in [0.29, 0.717) is 6.04 Å². The van der Waals surface area contributed by atoms with Crippen LogP contribution in [0.3, 0.4) is 0 Å². The zero-order valence-electron chi connectivity index (χ0n) is 12.0. The quantitative estimate of drug-likeness (QED) is 0.920. The molecule has 4 nitrogen and oxygen atoms in total. The van der Waals surface area contributed by atoms with Gasteiger partial charge in [-0.2, -0.15) is 0 Å². The Kier molecular flexibility index (Phi) is 4.93. The lowest BCUT2D eigenvalue weighted by Crippen LogP contribution is -2.46. The van der Waals surface area contributed by atoms with E-state index in [1.54, 1.807) is 11.3 Å². The lowest BCUT2D eigenvalue weighted by Gasteiger charge is -2.32. The molecule has 1 aliphatic rings. The van der Waals surface area contributed by atoms with E-state index in [-0.39, 0.29) is 5.91 Å². The molecule has 0 aliphatic carbocycles. The lowest BCUT2D eigenvalue weighted by molar-refractivity contribution is 0.0702. The van der Waals surface area contributed by atoms with Crippen molar-refractivity contribution in [2.75, 3.05) is 20.1 Å². The Morgan fingerprint density at radius 1 is 1.58 bits per heavy atom. The third kappa shape index (κ3) is 3.34. The fourth-order valence-electron chi connectivity index (χ4n) is 2.51. The van der Waals surface area contributed by atoms with E-state index in [4.69, 9.17) is 0 Å². The molecule has 0 aromatic carbocycles. The second-order valence-electron chi connectivity index (χ2n) is 5.15. The lowest BCUT2D eigenvalue weighted by atomic mass is 10.1. The number of piperidine rings is 1. The largest absolute Gasteiger partial charge is 0.336 e. The number of carbonyl (C=O) groups excluding carboxylic acids is 1. The third-order valence-electron chi connectivity index (χ3n) is 3.62. The maximum atomic E-state index is 12.6. The summed E-state index contributed by atoms with van der Waals surface area (Å²) in [6.45, 7) is 5.77. The number of carbonyl (C=O) groups is 1. The number of aryl methyl sites for hydroxylation is 2. The van der Waals surface area contributed by atoms with Gasteiger partial charge >= 0.3 is 0 Å². The van der Waals surface area contributed by atoms with Gasteiger partial charge in [0.15, 0.2) is 0 Å². The average molecular weight is 281 g/mol. The second-order valence-corrected chi connectivity index (χ2v) is 6.23. The van der Waals surface area contributed by atoms with Gasteiger partial charge in [-0.05, 0) is 39.7 Å². The molecule has 106 valence electrons. The van der Waals surface area contributed by atoms with Gasteiger partial charge < -0.3 is 10.2 Å². The fourth-order valence-corrected chi connectivity index (χ4v) is 3.65. The number of rotatable bonds is 4. The molecule has 1 saturated heterocycles. The maximum absolute atomic E-state index is 12.6. The smallest absolute Gasteiger partial charge is 0.265 e.